The van der Waals surface area contributed by atoms with E-state index in [0.717, 1.165) is 18.2 Å². The zero-order chi connectivity index (χ0) is 25.3. The Morgan fingerprint density at radius 1 is 1.09 bits per heavy atom. The Morgan fingerprint density at radius 2 is 1.74 bits per heavy atom. The Morgan fingerprint density at radius 3 is 2.29 bits per heavy atom. The number of aromatic nitrogens is 1. The maximum atomic E-state index is 14.2. The van der Waals surface area contributed by atoms with Gasteiger partial charge in [-0.2, -0.15) is 0 Å². The number of H-pyrrole nitrogens is 1. The molecule has 0 aliphatic carbocycles. The molecule has 12 nitrogen and oxygen atoms in total. The fourth-order valence-corrected chi connectivity index (χ4v) is 3.32. The number of carboxylic acids is 2. The fourth-order valence-electron chi connectivity index (χ4n) is 3.08. The average Bonchev–Trinajstić information content (AvgIpc) is 2.72. The molecule has 1 aromatic heterocycles. The number of nitro benzene ring substituents is 1. The van der Waals surface area contributed by atoms with E-state index in [4.69, 9.17) is 22.1 Å². The summed E-state index contributed by atoms with van der Waals surface area (Å²) < 4.78 is 19.3. The number of nitrogens with two attached hydrogens (primary N) is 1. The summed E-state index contributed by atoms with van der Waals surface area (Å²) in [7, 11) is 0. The molecular weight excluding hydrogens is 481 g/mol. The average molecular weight is 492 g/mol. The number of aromatic carboxylic acids is 2. The highest BCUT2D eigenvalue weighted by Crippen LogP contribution is 2.39. The lowest BCUT2D eigenvalue weighted by molar-refractivity contribution is -0.384. The van der Waals surface area contributed by atoms with Gasteiger partial charge in [0.2, 0.25) is 0 Å². The normalized spacial score (nSPS) is 10.5. The number of carbonyl (C=O) groups excluding carboxylic acids is 1. The van der Waals surface area contributed by atoms with Gasteiger partial charge in [0.25, 0.3) is 11.2 Å². The van der Waals surface area contributed by atoms with Crippen LogP contribution in [0.25, 0.3) is 11.1 Å². The number of hydrogen-bond acceptors (Lipinski definition) is 8. The summed E-state index contributed by atoms with van der Waals surface area (Å²) in [6, 6.07) is 5.67. The summed E-state index contributed by atoms with van der Waals surface area (Å²) in [4.78, 5) is 60.9. The van der Waals surface area contributed by atoms with E-state index >= 15 is 0 Å². The zero-order valence-electron chi connectivity index (χ0n) is 16.5. The van der Waals surface area contributed by atoms with Crippen LogP contribution in [-0.2, 0) is 0 Å². The largest absolute Gasteiger partial charge is 0.478 e. The Balaban J connectivity index is 2.37. The van der Waals surface area contributed by atoms with E-state index in [0.29, 0.717) is 6.07 Å². The predicted octanol–water partition coefficient (Wildman–Crippen LogP) is 2.94. The van der Waals surface area contributed by atoms with Gasteiger partial charge in [-0.1, -0.05) is 17.7 Å². The third-order valence-corrected chi connectivity index (χ3v) is 4.80. The van der Waals surface area contributed by atoms with Crippen molar-refractivity contribution in [2.45, 2.75) is 0 Å². The van der Waals surface area contributed by atoms with Crippen molar-refractivity contribution >= 4 is 41.0 Å². The van der Waals surface area contributed by atoms with Gasteiger partial charge in [-0.05, 0) is 18.2 Å². The van der Waals surface area contributed by atoms with E-state index in [1.807, 2.05) is 4.98 Å². The van der Waals surface area contributed by atoms with E-state index in [-0.39, 0.29) is 5.02 Å². The van der Waals surface area contributed by atoms with Gasteiger partial charge in [0.1, 0.15) is 34.1 Å². The number of benzene rings is 2. The number of nitrogen functional groups attached to an aromatic ring is 1. The van der Waals surface area contributed by atoms with Crippen molar-refractivity contribution in [2.75, 3.05) is 5.73 Å². The molecule has 0 fully saturated rings. The highest BCUT2D eigenvalue weighted by Gasteiger charge is 2.30. The van der Waals surface area contributed by atoms with E-state index in [1.165, 1.54) is 12.1 Å². The second-order valence-corrected chi connectivity index (χ2v) is 6.93. The van der Waals surface area contributed by atoms with Crippen LogP contribution in [0.15, 0.2) is 41.2 Å². The third-order valence-electron chi connectivity index (χ3n) is 4.49. The predicted molar refractivity (Wildman–Crippen MR) is 114 cm³/mol. The number of ether oxygens (including phenoxy) is 1. The van der Waals surface area contributed by atoms with Crippen molar-refractivity contribution in [3.8, 4) is 16.9 Å². The van der Waals surface area contributed by atoms with E-state index in [1.54, 1.807) is 0 Å². The van der Waals surface area contributed by atoms with Crippen molar-refractivity contribution in [3.05, 3.63) is 84.4 Å². The molecule has 0 amide bonds. The molecule has 0 bridgehead atoms. The van der Waals surface area contributed by atoms with Crippen LogP contribution in [0.5, 0.6) is 5.75 Å². The summed E-state index contributed by atoms with van der Waals surface area (Å²) in [6.07, 6.45) is 0. The summed E-state index contributed by atoms with van der Waals surface area (Å²) in [5, 5.41) is 30.1. The number of esters is 1. The van der Waals surface area contributed by atoms with Crippen LogP contribution in [0.3, 0.4) is 0 Å². The van der Waals surface area contributed by atoms with E-state index < -0.39 is 79.3 Å². The summed E-state index contributed by atoms with van der Waals surface area (Å²) in [5.41, 5.74) is -0.740. The minimum atomic E-state index is -1.90. The highest BCUT2D eigenvalue weighted by atomic mass is 35.5. The first-order chi connectivity index (χ1) is 15.9. The second kappa shape index (κ2) is 8.99. The van der Waals surface area contributed by atoms with Gasteiger partial charge in [-0.3, -0.25) is 14.9 Å². The third kappa shape index (κ3) is 4.27. The van der Waals surface area contributed by atoms with Crippen LogP contribution in [0, 0.1) is 15.9 Å². The second-order valence-electron chi connectivity index (χ2n) is 6.53. The standard InChI is InChI=1S/C20H11ClFN3O9/c21-9-2-1-3-10(22)13(9)20(31)34-11-5-4-7(25(32)33)6-8(11)12-14(18(27)28)16(23)24-17(26)15(12)19(29)30/h1-6H,(H,27,28)(H,29,30)(H3,23,24,26). The lowest BCUT2D eigenvalue weighted by Gasteiger charge is -2.15. The lowest BCUT2D eigenvalue weighted by atomic mass is 9.94. The molecule has 34 heavy (non-hydrogen) atoms. The molecule has 14 heteroatoms. The molecule has 5 N–H and O–H groups in total. The number of anilines is 1. The van der Waals surface area contributed by atoms with Gasteiger partial charge < -0.3 is 25.7 Å². The molecule has 0 spiro atoms. The number of non-ortho nitro benzene ring substituents is 1. The van der Waals surface area contributed by atoms with Crippen molar-refractivity contribution < 1.29 is 38.6 Å². The molecule has 0 atom stereocenters. The summed E-state index contributed by atoms with van der Waals surface area (Å²) in [5.74, 6) is -7.56. The number of rotatable bonds is 6. The van der Waals surface area contributed by atoms with Crippen LogP contribution >= 0.6 is 11.6 Å². The van der Waals surface area contributed by atoms with E-state index in [2.05, 4.69) is 0 Å². The van der Waals surface area contributed by atoms with Crippen molar-refractivity contribution in [1.29, 1.82) is 0 Å². The number of nitrogens with zero attached hydrogens (tertiary/aromatic N) is 1. The Labute approximate surface area is 192 Å². The Bertz CT molecular complexity index is 1430. The molecule has 0 aliphatic rings. The van der Waals surface area contributed by atoms with E-state index in [9.17, 15) is 43.9 Å². The number of hydrogen-bond donors (Lipinski definition) is 4. The minimum Gasteiger partial charge on any atom is -0.478 e. The minimum absolute atomic E-state index is 0.341. The molecule has 174 valence electrons. The number of nitrogens with one attached hydrogen (secondary N) is 1. The van der Waals surface area contributed by atoms with Gasteiger partial charge in [0.05, 0.1) is 9.95 Å². The summed E-state index contributed by atoms with van der Waals surface area (Å²) in [6.45, 7) is 0. The zero-order valence-corrected chi connectivity index (χ0v) is 17.3. The first kappa shape index (κ1) is 23.9. The molecule has 1 heterocycles. The number of nitro groups is 1. The molecule has 3 aromatic rings. The molecule has 0 aliphatic heterocycles. The Hall–Kier alpha value is -4.78. The van der Waals surface area contributed by atoms with Crippen LogP contribution in [0.1, 0.15) is 31.1 Å². The first-order valence-electron chi connectivity index (χ1n) is 8.91. The van der Waals surface area contributed by atoms with Crippen molar-refractivity contribution in [1.82, 2.24) is 4.98 Å². The Kier molecular flexibility index (Phi) is 6.31. The number of pyridine rings is 1. The van der Waals surface area contributed by atoms with Gasteiger partial charge in [-0.25, -0.2) is 18.8 Å². The van der Waals surface area contributed by atoms with Crippen LogP contribution in [0.4, 0.5) is 15.9 Å². The molecule has 0 saturated heterocycles. The number of carboxylic acid groups (broad SMARTS) is 2. The van der Waals surface area contributed by atoms with Crippen molar-refractivity contribution in [3.63, 3.8) is 0 Å². The smallest absolute Gasteiger partial charge is 0.348 e. The quantitative estimate of drug-likeness (QED) is 0.172. The number of carbonyl (C=O) groups is 3. The molecule has 2 aromatic carbocycles. The van der Waals surface area contributed by atoms with Crippen LogP contribution in [0.2, 0.25) is 5.02 Å². The van der Waals surface area contributed by atoms with Crippen molar-refractivity contribution in [2.24, 2.45) is 0 Å². The maximum absolute atomic E-state index is 14.2. The topological polar surface area (TPSA) is 203 Å². The molecule has 0 radical (unpaired) electrons. The fraction of sp³-hybridized carbons (Fsp3) is 0. The molecule has 3 rings (SSSR count). The molecule has 0 unspecified atom stereocenters. The van der Waals surface area contributed by atoms with Crippen LogP contribution in [-0.4, -0.2) is 38.0 Å². The van der Waals surface area contributed by atoms with Crippen LogP contribution < -0.4 is 16.0 Å². The monoisotopic (exact) mass is 491 g/mol. The van der Waals surface area contributed by atoms with Gasteiger partial charge in [0.15, 0.2) is 0 Å². The number of aromatic amines is 1. The van der Waals surface area contributed by atoms with Gasteiger partial charge in [-0.15, -0.1) is 0 Å². The SMILES string of the molecule is Nc1[nH]c(=O)c(C(=O)O)c(-c2cc([N+](=O)[O-])ccc2OC(=O)c2c(F)cccc2Cl)c1C(=O)O. The van der Waals surface area contributed by atoms with Gasteiger partial charge >= 0.3 is 17.9 Å². The highest BCUT2D eigenvalue weighted by molar-refractivity contribution is 6.33. The lowest BCUT2D eigenvalue weighted by Crippen LogP contribution is -2.24. The first-order valence-corrected chi connectivity index (χ1v) is 9.29. The summed E-state index contributed by atoms with van der Waals surface area (Å²) >= 11 is 5.84. The molecule has 0 saturated carbocycles. The maximum Gasteiger partial charge on any atom is 0.348 e. The van der Waals surface area contributed by atoms with Gasteiger partial charge in [0, 0.05) is 23.3 Å². The number of halogens is 2. The molecular formula is C20H11ClFN3O9.